The molecule has 0 atom stereocenters. The molecule has 0 fully saturated rings. The average molecular weight is 486 g/mol. The van der Waals surface area contributed by atoms with Crippen molar-refractivity contribution in [1.29, 1.82) is 0 Å². The summed E-state index contributed by atoms with van der Waals surface area (Å²) in [6, 6.07) is 15.7. The van der Waals surface area contributed by atoms with Gasteiger partial charge in [0.2, 0.25) is 0 Å². The Bertz CT molecular complexity index is 1450. The molecule has 0 amide bonds. The monoisotopic (exact) mass is 486 g/mol. The summed E-state index contributed by atoms with van der Waals surface area (Å²) in [5.74, 6) is 0. The average Bonchev–Trinajstić information content (AvgIpc) is 2.66. The second-order valence-electron chi connectivity index (χ2n) is 6.82. The second-order valence-corrected chi connectivity index (χ2v) is 9.26. The SMILES string of the molecule is O=S(=O)([O-])N1c2ccccc2C=c2cc3c(cc21)=Cc1ccccc1N3S(=O)(=O)[O-].[Na+].[Na+]. The Morgan fingerprint density at radius 2 is 0.906 bits per heavy atom. The zero-order valence-electron chi connectivity index (χ0n) is 17.1. The van der Waals surface area contributed by atoms with Gasteiger partial charge >= 0.3 is 59.1 Å². The third kappa shape index (κ3) is 4.21. The van der Waals surface area contributed by atoms with Gasteiger partial charge in [0.1, 0.15) is 0 Å². The molecule has 8 nitrogen and oxygen atoms in total. The molecule has 3 aromatic rings. The van der Waals surface area contributed by atoms with Gasteiger partial charge < -0.3 is 9.11 Å². The first-order valence-corrected chi connectivity index (χ1v) is 11.5. The Morgan fingerprint density at radius 3 is 1.25 bits per heavy atom. The number of hydrogen-bond acceptors (Lipinski definition) is 6. The van der Waals surface area contributed by atoms with Gasteiger partial charge in [-0.05, 0) is 47.5 Å². The van der Waals surface area contributed by atoms with Crippen molar-refractivity contribution < 1.29 is 85.1 Å². The number of benzene rings is 3. The summed E-state index contributed by atoms with van der Waals surface area (Å²) in [7, 11) is -9.85. The summed E-state index contributed by atoms with van der Waals surface area (Å²) in [5, 5.41) is 0.599. The summed E-state index contributed by atoms with van der Waals surface area (Å²) in [6.07, 6.45) is 3.28. The number of fused-ring (bicyclic) bond motifs is 4. The first-order chi connectivity index (χ1) is 14.1. The summed E-state index contributed by atoms with van der Waals surface area (Å²) >= 11 is 0. The molecule has 0 aromatic heterocycles. The molecular formula is C20H12N2Na2O6S2. The molecule has 0 unspecified atom stereocenters. The van der Waals surface area contributed by atoms with Gasteiger partial charge in [0.15, 0.2) is 20.6 Å². The van der Waals surface area contributed by atoms with Gasteiger partial charge in [-0.2, -0.15) is 0 Å². The molecule has 0 spiro atoms. The van der Waals surface area contributed by atoms with E-state index in [-0.39, 0.29) is 81.9 Å². The first kappa shape index (κ1) is 25.4. The smallest absolute Gasteiger partial charge is 0.731 e. The molecule has 0 N–H and O–H groups in total. The number of nitrogens with zero attached hydrogens (tertiary/aromatic N) is 2. The van der Waals surface area contributed by atoms with E-state index in [1.54, 1.807) is 48.6 Å². The second kappa shape index (κ2) is 8.88. The van der Waals surface area contributed by atoms with Gasteiger partial charge in [-0.1, -0.05) is 36.4 Å². The van der Waals surface area contributed by atoms with E-state index in [2.05, 4.69) is 0 Å². The first-order valence-electron chi connectivity index (χ1n) is 8.72. The fraction of sp³-hybridized carbons (Fsp3) is 0. The van der Waals surface area contributed by atoms with Crippen LogP contribution in [-0.4, -0.2) is 25.9 Å². The Hall–Kier alpha value is -1.18. The standard InChI is InChI=1S/C20H14N2O6S2.2Na/c23-29(24,25)21-17-7-3-1-5-13(17)9-15-11-20-16(12-19(15)21)10-14-6-2-4-8-18(14)22(20)30(26,27)28;;/h1-12H,(H,23,24,25)(H,26,27,28);;/q;2*+1/p-2. The van der Waals surface area contributed by atoms with Crippen LogP contribution in [0, 0.1) is 0 Å². The van der Waals surface area contributed by atoms with Crippen molar-refractivity contribution in [1.82, 2.24) is 0 Å². The van der Waals surface area contributed by atoms with E-state index in [1.807, 2.05) is 0 Å². The summed E-state index contributed by atoms with van der Waals surface area (Å²) in [4.78, 5) is 0. The molecule has 5 rings (SSSR count). The maximum Gasteiger partial charge on any atom is 1.00 e. The van der Waals surface area contributed by atoms with E-state index >= 15 is 0 Å². The molecule has 0 aliphatic carbocycles. The van der Waals surface area contributed by atoms with Crippen molar-refractivity contribution in [3.63, 3.8) is 0 Å². The molecule has 152 valence electrons. The van der Waals surface area contributed by atoms with Gasteiger partial charge in [-0.25, -0.2) is 25.4 Å². The van der Waals surface area contributed by atoms with Crippen molar-refractivity contribution in [3.8, 4) is 0 Å². The number of para-hydroxylation sites is 2. The molecule has 12 heteroatoms. The predicted octanol–water partition coefficient (Wildman–Crippen LogP) is -4.82. The molecule has 0 saturated carbocycles. The summed E-state index contributed by atoms with van der Waals surface area (Å²) in [6.45, 7) is 0. The fourth-order valence-electron chi connectivity index (χ4n) is 3.86. The van der Waals surface area contributed by atoms with E-state index in [1.165, 1.54) is 24.3 Å². The summed E-state index contributed by atoms with van der Waals surface area (Å²) < 4.78 is 73.9. The van der Waals surface area contributed by atoms with Gasteiger partial charge in [0, 0.05) is 10.4 Å². The molecule has 2 aliphatic rings. The van der Waals surface area contributed by atoms with Crippen LogP contribution in [0.3, 0.4) is 0 Å². The maximum absolute atomic E-state index is 12.1. The predicted molar refractivity (Wildman–Crippen MR) is 109 cm³/mol. The third-order valence-electron chi connectivity index (χ3n) is 4.99. The van der Waals surface area contributed by atoms with Crippen LogP contribution < -0.4 is 78.2 Å². The van der Waals surface area contributed by atoms with E-state index < -0.39 is 20.6 Å². The van der Waals surface area contributed by atoms with Crippen LogP contribution in [0.1, 0.15) is 11.1 Å². The molecule has 0 saturated heterocycles. The largest absolute Gasteiger partial charge is 1.00 e. The van der Waals surface area contributed by atoms with Crippen LogP contribution in [0.25, 0.3) is 12.2 Å². The quantitative estimate of drug-likeness (QED) is 0.265. The van der Waals surface area contributed by atoms with E-state index in [4.69, 9.17) is 0 Å². The van der Waals surface area contributed by atoms with Gasteiger partial charge in [0.25, 0.3) is 0 Å². The van der Waals surface area contributed by atoms with Crippen LogP contribution in [0.5, 0.6) is 0 Å². The molecule has 0 bridgehead atoms. The molecular weight excluding hydrogens is 474 g/mol. The van der Waals surface area contributed by atoms with Gasteiger partial charge in [-0.15, -0.1) is 0 Å². The Morgan fingerprint density at radius 1 is 0.562 bits per heavy atom. The fourth-order valence-corrected chi connectivity index (χ4v) is 5.47. The van der Waals surface area contributed by atoms with Crippen molar-refractivity contribution in [2.24, 2.45) is 0 Å². The molecule has 2 heterocycles. The third-order valence-corrected chi connectivity index (χ3v) is 6.68. The van der Waals surface area contributed by atoms with Crippen molar-refractivity contribution in [2.75, 3.05) is 8.61 Å². The number of rotatable bonds is 2. The van der Waals surface area contributed by atoms with Crippen LogP contribution >= 0.6 is 0 Å². The minimum Gasteiger partial charge on any atom is -0.731 e. The number of anilines is 4. The topological polar surface area (TPSA) is 121 Å². The maximum atomic E-state index is 12.1. The normalized spacial score (nSPS) is 13.7. The Balaban J connectivity index is 0.00000144. The van der Waals surface area contributed by atoms with Gasteiger partial charge in [0.05, 0.1) is 22.7 Å². The zero-order valence-corrected chi connectivity index (χ0v) is 22.7. The Kier molecular flexibility index (Phi) is 7.06. The minimum atomic E-state index is -4.93. The van der Waals surface area contributed by atoms with E-state index in [0.29, 0.717) is 30.2 Å². The number of hydrogen-bond donors (Lipinski definition) is 0. The minimum absolute atomic E-state index is 0. The van der Waals surface area contributed by atoms with Crippen molar-refractivity contribution >= 4 is 55.5 Å². The molecule has 2 aliphatic heterocycles. The summed E-state index contributed by atoms with van der Waals surface area (Å²) in [5.41, 5.74) is 1.51. The molecule has 3 aromatic carbocycles. The van der Waals surface area contributed by atoms with Gasteiger partial charge in [-0.3, -0.25) is 0 Å². The van der Waals surface area contributed by atoms with Crippen molar-refractivity contribution in [3.05, 3.63) is 82.2 Å². The molecule has 32 heavy (non-hydrogen) atoms. The van der Waals surface area contributed by atoms with Crippen LogP contribution in [-0.2, 0) is 20.6 Å². The van der Waals surface area contributed by atoms with Crippen molar-refractivity contribution in [2.45, 2.75) is 0 Å². The zero-order chi connectivity index (χ0) is 21.3. The van der Waals surface area contributed by atoms with E-state index in [9.17, 15) is 25.9 Å². The van der Waals surface area contributed by atoms with Crippen LogP contribution in [0.15, 0.2) is 60.7 Å². The van der Waals surface area contributed by atoms with E-state index in [0.717, 1.165) is 0 Å². The molecule has 0 radical (unpaired) electrons. The Labute approximate surface area is 229 Å². The van der Waals surface area contributed by atoms with Crippen LogP contribution in [0.4, 0.5) is 22.7 Å². The van der Waals surface area contributed by atoms with Crippen LogP contribution in [0.2, 0.25) is 0 Å².